The Labute approximate surface area is 120 Å². The smallest absolute Gasteiger partial charge is 0.156 e. The summed E-state index contributed by atoms with van der Waals surface area (Å²) in [5, 5.41) is 11.7. The van der Waals surface area contributed by atoms with E-state index in [4.69, 9.17) is 11.6 Å². The van der Waals surface area contributed by atoms with E-state index >= 15 is 0 Å². The monoisotopic (exact) mass is 325 g/mol. The maximum absolute atomic E-state index is 5.93. The van der Waals surface area contributed by atoms with Crippen LogP contribution in [0.1, 0.15) is 16.7 Å². The van der Waals surface area contributed by atoms with Gasteiger partial charge in [-0.3, -0.25) is 0 Å². The summed E-state index contributed by atoms with van der Waals surface area (Å²) < 4.78 is 1.03. The van der Waals surface area contributed by atoms with Crippen molar-refractivity contribution in [1.29, 1.82) is 0 Å². The Morgan fingerprint density at radius 2 is 1.78 bits per heavy atom. The molecule has 0 spiro atoms. The van der Waals surface area contributed by atoms with Crippen LogP contribution >= 0.6 is 27.5 Å². The fraction of sp³-hybridized carbons (Fsp3) is 0.231. The van der Waals surface area contributed by atoms with Crippen LogP contribution in [0.15, 0.2) is 22.7 Å². The van der Waals surface area contributed by atoms with Crippen molar-refractivity contribution in [3.05, 3.63) is 44.5 Å². The van der Waals surface area contributed by atoms with E-state index in [9.17, 15) is 0 Å². The van der Waals surface area contributed by atoms with Crippen LogP contribution in [0.5, 0.6) is 0 Å². The SMILES string of the molecule is Cc1cc(Br)cc(Nc2nnc(Cl)c(C)c2C)c1. The Hall–Kier alpha value is -1.13. The van der Waals surface area contributed by atoms with Crippen molar-refractivity contribution in [2.24, 2.45) is 0 Å². The lowest BCUT2D eigenvalue weighted by molar-refractivity contribution is 1.00. The average Bonchev–Trinajstić information content (AvgIpc) is 2.29. The van der Waals surface area contributed by atoms with Gasteiger partial charge in [-0.2, -0.15) is 0 Å². The molecule has 2 rings (SSSR count). The number of aromatic nitrogens is 2. The van der Waals surface area contributed by atoms with Crippen molar-refractivity contribution >= 4 is 39.0 Å². The molecule has 3 nitrogen and oxygen atoms in total. The van der Waals surface area contributed by atoms with E-state index in [0.29, 0.717) is 5.15 Å². The van der Waals surface area contributed by atoms with Gasteiger partial charge in [0, 0.05) is 10.2 Å². The highest BCUT2D eigenvalue weighted by atomic mass is 79.9. The number of halogens is 2. The lowest BCUT2D eigenvalue weighted by atomic mass is 10.2. The van der Waals surface area contributed by atoms with Crippen molar-refractivity contribution in [2.45, 2.75) is 20.8 Å². The van der Waals surface area contributed by atoms with Crippen LogP contribution in [0, 0.1) is 20.8 Å². The van der Waals surface area contributed by atoms with Gasteiger partial charge in [-0.15, -0.1) is 10.2 Å². The minimum Gasteiger partial charge on any atom is -0.338 e. The Kier molecular flexibility index (Phi) is 3.88. The van der Waals surface area contributed by atoms with Crippen molar-refractivity contribution in [2.75, 3.05) is 5.32 Å². The molecule has 1 aromatic heterocycles. The second-order valence-electron chi connectivity index (χ2n) is 4.23. The lowest BCUT2D eigenvalue weighted by Crippen LogP contribution is -2.01. The highest BCUT2D eigenvalue weighted by Gasteiger charge is 2.08. The Bertz CT molecular complexity index is 579. The van der Waals surface area contributed by atoms with E-state index in [0.717, 1.165) is 27.1 Å². The molecule has 18 heavy (non-hydrogen) atoms. The Morgan fingerprint density at radius 1 is 1.06 bits per heavy atom. The topological polar surface area (TPSA) is 37.8 Å². The lowest BCUT2D eigenvalue weighted by Gasteiger charge is -2.11. The van der Waals surface area contributed by atoms with E-state index in [1.54, 1.807) is 0 Å². The van der Waals surface area contributed by atoms with Crippen LogP contribution in [0.2, 0.25) is 5.15 Å². The van der Waals surface area contributed by atoms with Gasteiger partial charge >= 0.3 is 0 Å². The standard InChI is InChI=1S/C13H13BrClN3/c1-7-4-10(14)6-11(5-7)16-13-9(3)8(2)12(15)17-18-13/h4-6H,1-3H3,(H,16,18). The molecule has 1 heterocycles. The molecule has 0 aliphatic heterocycles. The van der Waals surface area contributed by atoms with Gasteiger partial charge in [0.05, 0.1) is 0 Å². The predicted molar refractivity (Wildman–Crippen MR) is 78.7 cm³/mol. The van der Waals surface area contributed by atoms with Gasteiger partial charge in [0.25, 0.3) is 0 Å². The van der Waals surface area contributed by atoms with Crippen LogP contribution in [-0.2, 0) is 0 Å². The minimum atomic E-state index is 0.448. The summed E-state index contributed by atoms with van der Waals surface area (Å²) in [6.07, 6.45) is 0. The van der Waals surface area contributed by atoms with Gasteiger partial charge in [-0.1, -0.05) is 27.5 Å². The normalized spacial score (nSPS) is 10.5. The molecule has 0 unspecified atom stereocenters. The maximum Gasteiger partial charge on any atom is 0.156 e. The van der Waals surface area contributed by atoms with Crippen LogP contribution < -0.4 is 5.32 Å². The first-order chi connectivity index (χ1) is 8.47. The van der Waals surface area contributed by atoms with Crippen LogP contribution in [0.3, 0.4) is 0 Å². The van der Waals surface area contributed by atoms with Crippen molar-refractivity contribution < 1.29 is 0 Å². The molecule has 5 heteroatoms. The molecule has 0 aliphatic rings. The van der Waals surface area contributed by atoms with Crippen molar-refractivity contribution in [3.63, 3.8) is 0 Å². The van der Waals surface area contributed by atoms with Gasteiger partial charge in [-0.25, -0.2) is 0 Å². The van der Waals surface area contributed by atoms with Gasteiger partial charge in [0.15, 0.2) is 11.0 Å². The maximum atomic E-state index is 5.93. The molecule has 94 valence electrons. The molecule has 0 amide bonds. The number of nitrogens with one attached hydrogen (secondary N) is 1. The van der Waals surface area contributed by atoms with Crippen LogP contribution in [0.4, 0.5) is 11.5 Å². The summed E-state index contributed by atoms with van der Waals surface area (Å²) in [5.41, 5.74) is 4.10. The van der Waals surface area contributed by atoms with Crippen LogP contribution in [-0.4, -0.2) is 10.2 Å². The molecule has 0 saturated carbocycles. The summed E-state index contributed by atoms with van der Waals surface area (Å²) in [6, 6.07) is 6.10. The first-order valence-electron chi connectivity index (χ1n) is 5.51. The van der Waals surface area contributed by atoms with Gasteiger partial charge < -0.3 is 5.32 Å². The molecule has 0 bridgehead atoms. The molecule has 1 N–H and O–H groups in total. The van der Waals surface area contributed by atoms with E-state index in [1.165, 1.54) is 5.56 Å². The molecule has 1 aromatic carbocycles. The number of aryl methyl sites for hydroxylation is 1. The number of benzene rings is 1. The summed E-state index contributed by atoms with van der Waals surface area (Å²) in [6.45, 7) is 5.95. The molecular formula is C13H13BrClN3. The van der Waals surface area contributed by atoms with E-state index in [1.807, 2.05) is 26.8 Å². The summed E-state index contributed by atoms with van der Waals surface area (Å²) in [4.78, 5) is 0. The molecule has 2 aromatic rings. The summed E-state index contributed by atoms with van der Waals surface area (Å²) in [7, 11) is 0. The first-order valence-corrected chi connectivity index (χ1v) is 6.68. The fourth-order valence-electron chi connectivity index (χ4n) is 1.64. The average molecular weight is 327 g/mol. The quantitative estimate of drug-likeness (QED) is 0.879. The molecule has 0 atom stereocenters. The van der Waals surface area contributed by atoms with E-state index < -0.39 is 0 Å². The third-order valence-electron chi connectivity index (χ3n) is 2.77. The Balaban J connectivity index is 2.37. The third kappa shape index (κ3) is 2.82. The zero-order chi connectivity index (χ0) is 13.3. The molecule has 0 aliphatic carbocycles. The highest BCUT2D eigenvalue weighted by molar-refractivity contribution is 9.10. The van der Waals surface area contributed by atoms with E-state index in [-0.39, 0.29) is 0 Å². The number of nitrogens with zero attached hydrogens (tertiary/aromatic N) is 2. The largest absolute Gasteiger partial charge is 0.338 e. The second-order valence-corrected chi connectivity index (χ2v) is 5.51. The zero-order valence-corrected chi connectivity index (χ0v) is 12.7. The second kappa shape index (κ2) is 5.24. The van der Waals surface area contributed by atoms with Crippen molar-refractivity contribution in [1.82, 2.24) is 10.2 Å². The number of rotatable bonds is 2. The van der Waals surface area contributed by atoms with Gasteiger partial charge in [0.2, 0.25) is 0 Å². The van der Waals surface area contributed by atoms with Gasteiger partial charge in [0.1, 0.15) is 0 Å². The van der Waals surface area contributed by atoms with Gasteiger partial charge in [-0.05, 0) is 55.7 Å². The first kappa shape index (κ1) is 13.3. The zero-order valence-electron chi connectivity index (χ0n) is 10.4. The van der Waals surface area contributed by atoms with Crippen LogP contribution in [0.25, 0.3) is 0 Å². The highest BCUT2D eigenvalue weighted by Crippen LogP contribution is 2.26. The van der Waals surface area contributed by atoms with Crippen molar-refractivity contribution in [3.8, 4) is 0 Å². The summed E-state index contributed by atoms with van der Waals surface area (Å²) >= 11 is 9.40. The molecule has 0 fully saturated rings. The molecular weight excluding hydrogens is 314 g/mol. The number of anilines is 2. The van der Waals surface area contributed by atoms with E-state index in [2.05, 4.69) is 43.6 Å². The predicted octanol–water partition coefficient (Wildman–Crippen LogP) is 4.56. The Morgan fingerprint density at radius 3 is 2.44 bits per heavy atom. The molecule has 0 radical (unpaired) electrons. The number of hydrogen-bond donors (Lipinski definition) is 1. The minimum absolute atomic E-state index is 0.448. The number of hydrogen-bond acceptors (Lipinski definition) is 3. The molecule has 0 saturated heterocycles. The third-order valence-corrected chi connectivity index (χ3v) is 3.59. The summed E-state index contributed by atoms with van der Waals surface area (Å²) in [5.74, 6) is 0.731. The fourth-order valence-corrected chi connectivity index (χ4v) is 2.43.